The summed E-state index contributed by atoms with van der Waals surface area (Å²) in [6.45, 7) is 3.97. The van der Waals surface area contributed by atoms with E-state index in [0.29, 0.717) is 6.54 Å². The fraction of sp³-hybridized carbons (Fsp3) is 0.368. The van der Waals surface area contributed by atoms with Crippen LogP contribution in [0.1, 0.15) is 12.8 Å². The molecule has 2 aromatic carbocycles. The van der Waals surface area contributed by atoms with Crippen molar-refractivity contribution in [1.82, 2.24) is 4.57 Å². The van der Waals surface area contributed by atoms with Gasteiger partial charge in [0.25, 0.3) is 0 Å². The van der Waals surface area contributed by atoms with Gasteiger partial charge in [-0.3, -0.25) is 0 Å². The van der Waals surface area contributed by atoms with E-state index in [2.05, 4.69) is 53.1 Å². The first kappa shape index (κ1) is 13.8. The van der Waals surface area contributed by atoms with Crippen LogP contribution in [-0.4, -0.2) is 35.4 Å². The van der Waals surface area contributed by atoms with E-state index in [9.17, 15) is 5.11 Å². The van der Waals surface area contributed by atoms with Crippen molar-refractivity contribution in [3.8, 4) is 0 Å². The zero-order valence-corrected chi connectivity index (χ0v) is 12.8. The molecule has 0 radical (unpaired) electrons. The number of benzene rings is 2. The van der Waals surface area contributed by atoms with Crippen LogP contribution in [0.4, 0.5) is 0 Å². The van der Waals surface area contributed by atoms with E-state index in [1.807, 2.05) is 0 Å². The van der Waals surface area contributed by atoms with E-state index in [0.717, 1.165) is 6.54 Å². The molecule has 1 aliphatic heterocycles. The Kier molecular flexibility index (Phi) is 3.60. The van der Waals surface area contributed by atoms with Gasteiger partial charge in [-0.2, -0.15) is 0 Å². The lowest BCUT2D eigenvalue weighted by molar-refractivity contribution is -0.890. The molecule has 3 heteroatoms. The average Bonchev–Trinajstić information content (AvgIpc) is 3.15. The van der Waals surface area contributed by atoms with Crippen LogP contribution in [0, 0.1) is 0 Å². The predicted octanol–water partition coefficient (Wildman–Crippen LogP) is 1.83. The monoisotopic (exact) mass is 295 g/mol. The lowest BCUT2D eigenvalue weighted by Crippen LogP contribution is -3.11. The van der Waals surface area contributed by atoms with Crippen LogP contribution in [0.15, 0.2) is 48.5 Å². The van der Waals surface area contributed by atoms with Crippen LogP contribution in [-0.2, 0) is 6.54 Å². The molecule has 3 nitrogen and oxygen atoms in total. The summed E-state index contributed by atoms with van der Waals surface area (Å²) in [5.74, 6) is 0. The molecular weight excluding hydrogens is 272 g/mol. The van der Waals surface area contributed by atoms with Crippen molar-refractivity contribution in [2.45, 2.75) is 25.5 Å². The number of hydrogen-bond donors (Lipinski definition) is 2. The van der Waals surface area contributed by atoms with Gasteiger partial charge in [-0.25, -0.2) is 0 Å². The average molecular weight is 295 g/mol. The van der Waals surface area contributed by atoms with Gasteiger partial charge in [-0.1, -0.05) is 36.4 Å². The molecule has 4 rings (SSSR count). The SMILES string of the molecule is O[C@H](Cn1c2ccccc2c2ccccc21)C[NH+]1CCCC1. The topological polar surface area (TPSA) is 29.6 Å². The molecule has 1 fully saturated rings. The summed E-state index contributed by atoms with van der Waals surface area (Å²) < 4.78 is 2.28. The fourth-order valence-corrected chi connectivity index (χ4v) is 3.89. The third kappa shape index (κ3) is 2.40. The van der Waals surface area contributed by atoms with Crippen LogP contribution < -0.4 is 4.90 Å². The van der Waals surface area contributed by atoms with Crippen molar-refractivity contribution in [2.24, 2.45) is 0 Å². The zero-order chi connectivity index (χ0) is 14.9. The maximum Gasteiger partial charge on any atom is 0.121 e. The molecule has 2 N–H and O–H groups in total. The first-order valence-corrected chi connectivity index (χ1v) is 8.30. The molecule has 0 aliphatic carbocycles. The summed E-state index contributed by atoms with van der Waals surface area (Å²) in [6, 6.07) is 17.0. The van der Waals surface area contributed by atoms with Crippen molar-refractivity contribution in [1.29, 1.82) is 0 Å². The maximum absolute atomic E-state index is 10.6. The Balaban J connectivity index is 1.69. The number of quaternary nitrogens is 1. The molecule has 0 amide bonds. The van der Waals surface area contributed by atoms with Crippen LogP contribution >= 0.6 is 0 Å². The summed E-state index contributed by atoms with van der Waals surface area (Å²) in [5.41, 5.74) is 2.44. The van der Waals surface area contributed by atoms with Crippen molar-refractivity contribution in [3.05, 3.63) is 48.5 Å². The number of nitrogens with one attached hydrogen (secondary N) is 1. The van der Waals surface area contributed by atoms with Crippen LogP contribution in [0.25, 0.3) is 21.8 Å². The Morgan fingerprint density at radius 3 is 2.05 bits per heavy atom. The summed E-state index contributed by atoms with van der Waals surface area (Å²) in [5, 5.41) is 13.1. The minimum Gasteiger partial charge on any atom is -0.385 e. The maximum atomic E-state index is 10.6. The Labute approximate surface area is 130 Å². The third-order valence-corrected chi connectivity index (χ3v) is 4.91. The van der Waals surface area contributed by atoms with Crippen LogP contribution in [0.3, 0.4) is 0 Å². The number of fused-ring (bicyclic) bond motifs is 3. The van der Waals surface area contributed by atoms with Gasteiger partial charge < -0.3 is 14.6 Å². The first-order valence-electron chi connectivity index (χ1n) is 8.30. The molecule has 0 spiro atoms. The van der Waals surface area contributed by atoms with Crippen molar-refractivity contribution in [3.63, 3.8) is 0 Å². The quantitative estimate of drug-likeness (QED) is 0.756. The van der Waals surface area contributed by atoms with E-state index >= 15 is 0 Å². The minimum atomic E-state index is -0.285. The Morgan fingerprint density at radius 1 is 0.909 bits per heavy atom. The molecule has 1 aromatic heterocycles. The first-order chi connectivity index (χ1) is 10.8. The Hall–Kier alpha value is -1.84. The molecule has 1 aliphatic rings. The second-order valence-corrected chi connectivity index (χ2v) is 6.46. The normalized spacial score (nSPS) is 17.5. The third-order valence-electron chi connectivity index (χ3n) is 4.91. The molecule has 0 unspecified atom stereocenters. The van der Waals surface area contributed by atoms with E-state index in [-0.39, 0.29) is 6.10 Å². The summed E-state index contributed by atoms with van der Waals surface area (Å²) >= 11 is 0. The van der Waals surface area contributed by atoms with Gasteiger partial charge >= 0.3 is 0 Å². The predicted molar refractivity (Wildman–Crippen MR) is 90.2 cm³/mol. The molecule has 2 heterocycles. The number of rotatable bonds is 4. The second-order valence-electron chi connectivity index (χ2n) is 6.46. The van der Waals surface area contributed by atoms with Gasteiger partial charge in [0.15, 0.2) is 0 Å². The highest BCUT2D eigenvalue weighted by molar-refractivity contribution is 6.07. The minimum absolute atomic E-state index is 0.285. The molecular formula is C19H23N2O+. The number of hydrogen-bond acceptors (Lipinski definition) is 1. The fourth-order valence-electron chi connectivity index (χ4n) is 3.89. The van der Waals surface area contributed by atoms with E-state index in [1.165, 1.54) is 47.7 Å². The standard InChI is InChI=1S/C19H22N2O/c22-15(13-20-11-5-6-12-20)14-21-18-9-3-1-7-16(18)17-8-2-4-10-19(17)21/h1-4,7-10,15,22H,5-6,11-14H2/p+1/t15-/m0/s1. The van der Waals surface area contributed by atoms with Crippen LogP contribution in [0.5, 0.6) is 0 Å². The number of aliphatic hydroxyl groups is 1. The molecule has 0 saturated carbocycles. The molecule has 3 aromatic rings. The number of likely N-dealkylation sites (tertiary alicyclic amines) is 1. The summed E-state index contributed by atoms with van der Waals surface area (Å²) in [6.07, 6.45) is 2.32. The molecule has 22 heavy (non-hydrogen) atoms. The lowest BCUT2D eigenvalue weighted by Gasteiger charge is -2.18. The molecule has 1 saturated heterocycles. The number of nitrogens with zero attached hydrogens (tertiary/aromatic N) is 1. The smallest absolute Gasteiger partial charge is 0.121 e. The van der Waals surface area contributed by atoms with Crippen molar-refractivity contribution >= 4 is 21.8 Å². The van der Waals surface area contributed by atoms with Gasteiger partial charge in [0.05, 0.1) is 19.6 Å². The van der Waals surface area contributed by atoms with E-state index in [1.54, 1.807) is 4.90 Å². The van der Waals surface area contributed by atoms with Crippen LogP contribution in [0.2, 0.25) is 0 Å². The highest BCUT2D eigenvalue weighted by Crippen LogP contribution is 2.28. The largest absolute Gasteiger partial charge is 0.385 e. The van der Waals surface area contributed by atoms with Crippen molar-refractivity contribution in [2.75, 3.05) is 19.6 Å². The van der Waals surface area contributed by atoms with Gasteiger partial charge in [-0.15, -0.1) is 0 Å². The van der Waals surface area contributed by atoms with E-state index in [4.69, 9.17) is 0 Å². The summed E-state index contributed by atoms with van der Waals surface area (Å²) in [4.78, 5) is 1.55. The van der Waals surface area contributed by atoms with Crippen molar-refractivity contribution < 1.29 is 10.0 Å². The number of aliphatic hydroxyl groups excluding tert-OH is 1. The molecule has 0 bridgehead atoms. The number of aromatic nitrogens is 1. The highest BCUT2D eigenvalue weighted by atomic mass is 16.3. The Bertz CT molecular complexity index is 733. The van der Waals surface area contributed by atoms with Gasteiger partial charge in [0.1, 0.15) is 12.6 Å². The second kappa shape index (κ2) is 5.75. The lowest BCUT2D eigenvalue weighted by atomic mass is 10.2. The van der Waals surface area contributed by atoms with Gasteiger partial charge in [0.2, 0.25) is 0 Å². The molecule has 114 valence electrons. The number of para-hydroxylation sites is 2. The summed E-state index contributed by atoms with van der Waals surface area (Å²) in [7, 11) is 0. The zero-order valence-electron chi connectivity index (χ0n) is 12.8. The van der Waals surface area contributed by atoms with Gasteiger partial charge in [-0.05, 0) is 12.1 Å². The molecule has 1 atom stereocenters. The Morgan fingerprint density at radius 2 is 1.45 bits per heavy atom. The van der Waals surface area contributed by atoms with E-state index < -0.39 is 0 Å². The highest BCUT2D eigenvalue weighted by Gasteiger charge is 2.20. The van der Waals surface area contributed by atoms with Gasteiger partial charge in [0, 0.05) is 34.6 Å².